The molecule has 0 bridgehead atoms. The largest absolute Gasteiger partial charge is 0.480 e. The van der Waals surface area contributed by atoms with Gasteiger partial charge < -0.3 is 20.1 Å². The lowest BCUT2D eigenvalue weighted by molar-refractivity contribution is -0.388. The molecule has 1 heterocycles. The first-order valence-corrected chi connectivity index (χ1v) is 4.70. The number of nitrogens with one attached hydrogen (secondary N) is 1. The van der Waals surface area contributed by atoms with E-state index in [-0.39, 0.29) is 18.1 Å². The number of hydrogen-bond donors (Lipinski definition) is 2. The number of anilines is 1. The van der Waals surface area contributed by atoms with Crippen molar-refractivity contribution in [3.8, 4) is 0 Å². The van der Waals surface area contributed by atoms with Crippen molar-refractivity contribution in [2.45, 2.75) is 13.3 Å². The Balaban J connectivity index is 2.95. The summed E-state index contributed by atoms with van der Waals surface area (Å²) in [5, 5.41) is 25.1. The first-order chi connectivity index (χ1) is 7.56. The number of carbonyl (C=O) groups is 1. The summed E-state index contributed by atoms with van der Waals surface area (Å²) in [5.41, 5.74) is 0.203. The highest BCUT2D eigenvalue weighted by atomic mass is 16.6. The molecule has 16 heavy (non-hydrogen) atoms. The molecule has 8 nitrogen and oxygen atoms in total. The zero-order valence-electron chi connectivity index (χ0n) is 8.71. The predicted molar refractivity (Wildman–Crippen MR) is 55.4 cm³/mol. The molecule has 0 saturated heterocycles. The van der Waals surface area contributed by atoms with E-state index in [9.17, 15) is 14.9 Å². The van der Waals surface area contributed by atoms with Gasteiger partial charge in [-0.1, -0.05) is 12.0 Å². The second kappa shape index (κ2) is 5.10. The summed E-state index contributed by atoms with van der Waals surface area (Å²) in [6.07, 6.45) is 1.95. The highest BCUT2D eigenvalue weighted by Crippen LogP contribution is 2.24. The van der Waals surface area contributed by atoms with Crippen molar-refractivity contribution in [3.63, 3.8) is 0 Å². The van der Waals surface area contributed by atoms with E-state index >= 15 is 0 Å². The van der Waals surface area contributed by atoms with Crippen LogP contribution in [0.2, 0.25) is 0 Å². The number of aromatic nitrogens is 2. The summed E-state index contributed by atoms with van der Waals surface area (Å²) in [7, 11) is 0. The van der Waals surface area contributed by atoms with Crippen LogP contribution in [0.25, 0.3) is 0 Å². The Hall–Kier alpha value is -2.12. The summed E-state index contributed by atoms with van der Waals surface area (Å²) in [5.74, 6) is -1.32. The molecule has 8 heteroatoms. The van der Waals surface area contributed by atoms with Crippen molar-refractivity contribution >= 4 is 17.5 Å². The Morgan fingerprint density at radius 1 is 1.75 bits per heavy atom. The first kappa shape index (κ1) is 12.0. The SMILES string of the molecule is CCCN(CC(=O)O)c1cn[nH]c1[N+](=O)[O-]. The number of carboxylic acid groups (broad SMARTS) is 1. The number of nitro groups is 1. The maximum absolute atomic E-state index is 10.6. The van der Waals surface area contributed by atoms with E-state index in [1.54, 1.807) is 0 Å². The summed E-state index contributed by atoms with van der Waals surface area (Å²) in [6, 6.07) is 0. The van der Waals surface area contributed by atoms with Crippen molar-refractivity contribution in [2.24, 2.45) is 0 Å². The normalized spacial score (nSPS) is 10.1. The van der Waals surface area contributed by atoms with Crippen LogP contribution in [0.15, 0.2) is 6.20 Å². The fraction of sp³-hybridized carbons (Fsp3) is 0.500. The summed E-state index contributed by atoms with van der Waals surface area (Å²) >= 11 is 0. The second-order valence-electron chi connectivity index (χ2n) is 3.18. The minimum atomic E-state index is -1.04. The average molecular weight is 228 g/mol. The van der Waals surface area contributed by atoms with Crippen molar-refractivity contribution < 1.29 is 14.8 Å². The van der Waals surface area contributed by atoms with Crippen LogP contribution in [0, 0.1) is 10.1 Å². The number of hydrogen-bond acceptors (Lipinski definition) is 5. The van der Waals surface area contributed by atoms with Crippen LogP contribution in [0.3, 0.4) is 0 Å². The number of aliphatic carboxylic acids is 1. The number of aromatic amines is 1. The Morgan fingerprint density at radius 2 is 2.44 bits per heavy atom. The molecule has 0 aliphatic rings. The van der Waals surface area contributed by atoms with Crippen molar-refractivity contribution in [2.75, 3.05) is 18.0 Å². The molecule has 0 unspecified atom stereocenters. The Morgan fingerprint density at radius 3 is 2.94 bits per heavy atom. The van der Waals surface area contributed by atoms with Crippen LogP contribution >= 0.6 is 0 Å². The molecule has 1 aromatic rings. The third-order valence-corrected chi connectivity index (χ3v) is 1.94. The van der Waals surface area contributed by atoms with Crippen LogP contribution in [0.1, 0.15) is 13.3 Å². The Kier molecular flexibility index (Phi) is 3.81. The van der Waals surface area contributed by atoms with E-state index in [0.717, 1.165) is 0 Å². The van der Waals surface area contributed by atoms with E-state index < -0.39 is 10.9 Å². The van der Waals surface area contributed by atoms with Gasteiger partial charge >= 0.3 is 11.8 Å². The number of carboxylic acids is 1. The lowest BCUT2D eigenvalue weighted by Gasteiger charge is -2.19. The molecule has 1 aromatic heterocycles. The van der Waals surface area contributed by atoms with Crippen LogP contribution in [-0.2, 0) is 4.79 Å². The Bertz CT molecular complexity index is 389. The van der Waals surface area contributed by atoms with Crippen LogP contribution in [-0.4, -0.2) is 39.3 Å². The quantitative estimate of drug-likeness (QED) is 0.545. The maximum Gasteiger partial charge on any atom is 0.366 e. The molecule has 0 saturated carbocycles. The average Bonchev–Trinajstić information content (AvgIpc) is 2.64. The fourth-order valence-electron chi connectivity index (χ4n) is 1.36. The third kappa shape index (κ3) is 2.69. The van der Waals surface area contributed by atoms with Crippen molar-refractivity contribution in [3.05, 3.63) is 16.3 Å². The summed E-state index contributed by atoms with van der Waals surface area (Å²) in [4.78, 5) is 22.0. The molecular weight excluding hydrogens is 216 g/mol. The first-order valence-electron chi connectivity index (χ1n) is 4.70. The van der Waals surface area contributed by atoms with Crippen LogP contribution < -0.4 is 4.90 Å². The molecule has 0 spiro atoms. The summed E-state index contributed by atoms with van der Waals surface area (Å²) in [6.45, 7) is 2.00. The highest BCUT2D eigenvalue weighted by molar-refractivity contribution is 5.75. The zero-order chi connectivity index (χ0) is 12.1. The second-order valence-corrected chi connectivity index (χ2v) is 3.18. The molecule has 0 aromatic carbocycles. The molecule has 0 atom stereocenters. The van der Waals surface area contributed by atoms with E-state index in [1.807, 2.05) is 6.92 Å². The molecule has 88 valence electrons. The monoisotopic (exact) mass is 228 g/mol. The van der Waals surface area contributed by atoms with Crippen LogP contribution in [0.5, 0.6) is 0 Å². The van der Waals surface area contributed by atoms with E-state index in [1.165, 1.54) is 11.1 Å². The number of nitrogens with zero attached hydrogens (tertiary/aromatic N) is 3. The van der Waals surface area contributed by atoms with Gasteiger partial charge in [-0.05, 0) is 11.3 Å². The molecule has 0 amide bonds. The van der Waals surface area contributed by atoms with E-state index in [4.69, 9.17) is 5.11 Å². The van der Waals surface area contributed by atoms with Gasteiger partial charge in [0.15, 0.2) is 5.69 Å². The van der Waals surface area contributed by atoms with Gasteiger partial charge in [-0.3, -0.25) is 4.79 Å². The Labute approximate surface area is 91.0 Å². The molecule has 0 aliphatic carbocycles. The topological polar surface area (TPSA) is 112 Å². The van der Waals surface area contributed by atoms with Gasteiger partial charge in [-0.15, -0.1) is 5.10 Å². The van der Waals surface area contributed by atoms with Gasteiger partial charge in [0.05, 0.1) is 0 Å². The van der Waals surface area contributed by atoms with E-state index in [2.05, 4.69) is 10.2 Å². The van der Waals surface area contributed by atoms with Gasteiger partial charge in [0, 0.05) is 6.54 Å². The predicted octanol–water partition coefficient (Wildman–Crippen LogP) is 0.619. The van der Waals surface area contributed by atoms with Gasteiger partial charge in [0.2, 0.25) is 0 Å². The molecule has 0 fully saturated rings. The molecule has 2 N–H and O–H groups in total. The third-order valence-electron chi connectivity index (χ3n) is 1.94. The van der Waals surface area contributed by atoms with Gasteiger partial charge in [0.25, 0.3) is 0 Å². The summed E-state index contributed by atoms with van der Waals surface area (Å²) < 4.78 is 0. The molecule has 0 aliphatic heterocycles. The minimum Gasteiger partial charge on any atom is -0.480 e. The number of H-pyrrole nitrogens is 1. The molecule has 0 radical (unpaired) electrons. The highest BCUT2D eigenvalue weighted by Gasteiger charge is 2.22. The van der Waals surface area contributed by atoms with E-state index in [0.29, 0.717) is 13.0 Å². The van der Waals surface area contributed by atoms with Crippen molar-refractivity contribution in [1.82, 2.24) is 10.2 Å². The van der Waals surface area contributed by atoms with Crippen LogP contribution in [0.4, 0.5) is 11.5 Å². The van der Waals surface area contributed by atoms with Gasteiger partial charge in [0.1, 0.15) is 12.7 Å². The standard InChI is InChI=1S/C8H12N4O4/c1-2-3-11(5-7(13)14)6-4-9-10-8(6)12(15)16/h4H,2-3,5H2,1H3,(H,9,10)(H,13,14). The van der Waals surface area contributed by atoms with Gasteiger partial charge in [-0.2, -0.15) is 0 Å². The zero-order valence-corrected chi connectivity index (χ0v) is 8.71. The molecular formula is C8H12N4O4. The molecule has 1 rings (SSSR count). The number of rotatable bonds is 6. The lowest BCUT2D eigenvalue weighted by Crippen LogP contribution is -2.30. The van der Waals surface area contributed by atoms with Gasteiger partial charge in [-0.25, -0.2) is 0 Å². The lowest BCUT2D eigenvalue weighted by atomic mass is 10.3. The fourth-order valence-corrected chi connectivity index (χ4v) is 1.36. The maximum atomic E-state index is 10.6. The smallest absolute Gasteiger partial charge is 0.366 e. The minimum absolute atomic E-state index is 0.203. The van der Waals surface area contributed by atoms with Crippen molar-refractivity contribution in [1.29, 1.82) is 0 Å².